The molecule has 4 aromatic rings. The first kappa shape index (κ1) is 22.1. The molecule has 0 bridgehead atoms. The Balaban J connectivity index is 1.74. The van der Waals surface area contributed by atoms with Gasteiger partial charge in [-0.3, -0.25) is 14.5 Å². The summed E-state index contributed by atoms with van der Waals surface area (Å²) in [5.41, 5.74) is 2.28. The fraction of sp³-hybridized carbons (Fsp3) is 0.160. The highest BCUT2D eigenvalue weighted by Crippen LogP contribution is 2.47. The van der Waals surface area contributed by atoms with Crippen molar-refractivity contribution in [1.82, 2.24) is 4.98 Å². The van der Waals surface area contributed by atoms with Crippen molar-refractivity contribution in [2.75, 3.05) is 19.1 Å². The largest absolute Gasteiger partial charge is 0.503 e. The summed E-state index contributed by atoms with van der Waals surface area (Å²) in [5.74, 6) is -0.728. The van der Waals surface area contributed by atoms with E-state index < -0.39 is 23.5 Å². The summed E-state index contributed by atoms with van der Waals surface area (Å²) >= 11 is 2.57. The number of benzene rings is 2. The van der Waals surface area contributed by atoms with Crippen LogP contribution in [-0.4, -0.2) is 36.0 Å². The number of methoxy groups -OCH3 is 2. The summed E-state index contributed by atoms with van der Waals surface area (Å²) < 4.78 is 11.9. The lowest BCUT2D eigenvalue weighted by atomic mass is 9.94. The molecule has 9 heteroatoms. The SMILES string of the molecule is COc1ccc(OC)c([C@H]2C(C(=O)c3cccs3)=C(O)C(=O)N2c2nc3ccc(C)cc3s2)c1. The first-order valence-electron chi connectivity index (χ1n) is 10.4. The highest BCUT2D eigenvalue weighted by atomic mass is 32.1. The number of ether oxygens (including phenoxy) is 2. The Labute approximate surface area is 203 Å². The third kappa shape index (κ3) is 3.53. The maximum Gasteiger partial charge on any atom is 0.296 e. The molecule has 172 valence electrons. The Morgan fingerprint density at radius 2 is 1.94 bits per heavy atom. The normalized spacial score (nSPS) is 15.9. The first-order valence-corrected chi connectivity index (χ1v) is 12.1. The second-order valence-corrected chi connectivity index (χ2v) is 9.68. The van der Waals surface area contributed by atoms with E-state index in [9.17, 15) is 14.7 Å². The second kappa shape index (κ2) is 8.58. The third-order valence-corrected chi connectivity index (χ3v) is 7.55. The van der Waals surface area contributed by atoms with Crippen LogP contribution < -0.4 is 14.4 Å². The number of aliphatic hydroxyl groups is 1. The van der Waals surface area contributed by atoms with Gasteiger partial charge in [0.05, 0.1) is 34.9 Å². The van der Waals surface area contributed by atoms with Gasteiger partial charge in [-0.15, -0.1) is 11.3 Å². The van der Waals surface area contributed by atoms with Crippen LogP contribution in [0.25, 0.3) is 10.2 Å². The van der Waals surface area contributed by atoms with Crippen LogP contribution >= 0.6 is 22.7 Å². The average molecular weight is 493 g/mol. The van der Waals surface area contributed by atoms with Gasteiger partial charge in [0.1, 0.15) is 17.5 Å². The van der Waals surface area contributed by atoms with E-state index in [4.69, 9.17) is 9.47 Å². The number of thiophene rings is 1. The summed E-state index contributed by atoms with van der Waals surface area (Å²) in [6, 6.07) is 13.4. The van der Waals surface area contributed by atoms with E-state index in [1.807, 2.05) is 25.1 Å². The molecule has 1 atom stereocenters. The number of ketones is 1. The number of Topliss-reactive ketones (excluding diaryl/α,β-unsaturated/α-hetero) is 1. The lowest BCUT2D eigenvalue weighted by Gasteiger charge is -2.26. The summed E-state index contributed by atoms with van der Waals surface area (Å²) in [6.45, 7) is 1.98. The highest BCUT2D eigenvalue weighted by Gasteiger charge is 2.47. The summed E-state index contributed by atoms with van der Waals surface area (Å²) in [6.07, 6.45) is 0. The van der Waals surface area contributed by atoms with Gasteiger partial charge in [-0.2, -0.15) is 0 Å². The second-order valence-electron chi connectivity index (χ2n) is 7.72. The molecule has 34 heavy (non-hydrogen) atoms. The van der Waals surface area contributed by atoms with Crippen molar-refractivity contribution >= 4 is 49.7 Å². The molecule has 0 radical (unpaired) electrons. The minimum atomic E-state index is -0.950. The fourth-order valence-electron chi connectivity index (χ4n) is 4.05. The standard InChI is InChI=1S/C25H20N2O5S2/c1-13-6-8-16-19(11-13)34-25(26-16)27-21(15-12-14(31-2)7-9-17(15)32-3)20(23(29)24(27)30)22(28)18-5-4-10-33-18/h4-12,21,29H,1-3H3/t21-/m0/s1. The number of amides is 1. The van der Waals surface area contributed by atoms with Crippen LogP contribution in [0.4, 0.5) is 5.13 Å². The number of carbonyl (C=O) groups excluding carboxylic acids is 2. The molecule has 0 spiro atoms. The van der Waals surface area contributed by atoms with Gasteiger partial charge in [0.15, 0.2) is 10.9 Å². The van der Waals surface area contributed by atoms with Crippen molar-refractivity contribution < 1.29 is 24.2 Å². The molecule has 1 aliphatic heterocycles. The van der Waals surface area contributed by atoms with Gasteiger partial charge in [-0.05, 0) is 54.3 Å². The number of fused-ring (bicyclic) bond motifs is 1. The van der Waals surface area contributed by atoms with Crippen molar-refractivity contribution in [3.8, 4) is 11.5 Å². The topological polar surface area (TPSA) is 89.0 Å². The van der Waals surface area contributed by atoms with Gasteiger partial charge >= 0.3 is 0 Å². The minimum Gasteiger partial charge on any atom is -0.503 e. The first-order chi connectivity index (χ1) is 16.4. The molecule has 0 unspecified atom stereocenters. The number of carbonyl (C=O) groups is 2. The molecule has 0 fully saturated rings. The van der Waals surface area contributed by atoms with Gasteiger partial charge in [0, 0.05) is 5.56 Å². The molecule has 0 saturated heterocycles. The predicted octanol–water partition coefficient (Wildman–Crippen LogP) is 5.47. The number of thiazole rings is 1. The monoisotopic (exact) mass is 492 g/mol. The molecule has 2 aromatic carbocycles. The molecule has 7 nitrogen and oxygen atoms in total. The maximum absolute atomic E-state index is 13.5. The van der Waals surface area contributed by atoms with E-state index >= 15 is 0 Å². The van der Waals surface area contributed by atoms with Gasteiger partial charge in [-0.25, -0.2) is 4.98 Å². The molecule has 0 aliphatic carbocycles. The van der Waals surface area contributed by atoms with Crippen LogP contribution in [-0.2, 0) is 4.79 Å². The van der Waals surface area contributed by atoms with E-state index in [-0.39, 0.29) is 5.57 Å². The van der Waals surface area contributed by atoms with Crippen LogP contribution in [0.15, 0.2) is 65.2 Å². The number of rotatable bonds is 6. The smallest absolute Gasteiger partial charge is 0.296 e. The van der Waals surface area contributed by atoms with Crippen molar-refractivity contribution in [2.45, 2.75) is 13.0 Å². The van der Waals surface area contributed by atoms with E-state index in [1.165, 1.54) is 41.8 Å². The summed E-state index contributed by atoms with van der Waals surface area (Å²) in [7, 11) is 3.04. The van der Waals surface area contributed by atoms with Crippen molar-refractivity contribution in [3.63, 3.8) is 0 Å². The molecule has 2 aromatic heterocycles. The van der Waals surface area contributed by atoms with Crippen molar-refractivity contribution in [2.24, 2.45) is 0 Å². The molecular weight excluding hydrogens is 472 g/mol. The summed E-state index contributed by atoms with van der Waals surface area (Å²) in [5, 5.41) is 13.1. The van der Waals surface area contributed by atoms with E-state index in [2.05, 4.69) is 4.98 Å². The molecular formula is C25H20N2O5S2. The van der Waals surface area contributed by atoms with E-state index in [0.717, 1.165) is 15.8 Å². The fourth-order valence-corrected chi connectivity index (χ4v) is 5.81. The minimum absolute atomic E-state index is 0.0190. The van der Waals surface area contributed by atoms with E-state index in [0.29, 0.717) is 27.1 Å². The average Bonchev–Trinajstić information content (AvgIpc) is 3.57. The Kier molecular flexibility index (Phi) is 5.59. The van der Waals surface area contributed by atoms with Crippen LogP contribution in [0.3, 0.4) is 0 Å². The molecule has 5 rings (SSSR count). The number of hydrogen-bond acceptors (Lipinski definition) is 8. The number of aryl methyl sites for hydroxylation is 1. The van der Waals surface area contributed by atoms with Crippen LogP contribution in [0.1, 0.15) is 26.8 Å². The molecule has 3 heterocycles. The number of nitrogens with zero attached hydrogens (tertiary/aromatic N) is 2. The van der Waals surface area contributed by atoms with Gasteiger partial charge < -0.3 is 14.6 Å². The Bertz CT molecular complexity index is 1460. The number of aromatic nitrogens is 1. The van der Waals surface area contributed by atoms with Crippen LogP contribution in [0.2, 0.25) is 0 Å². The zero-order valence-corrected chi connectivity index (χ0v) is 20.2. The van der Waals surface area contributed by atoms with Crippen molar-refractivity contribution in [1.29, 1.82) is 0 Å². The van der Waals surface area contributed by atoms with Crippen LogP contribution in [0.5, 0.6) is 11.5 Å². The Morgan fingerprint density at radius 3 is 2.65 bits per heavy atom. The number of aliphatic hydroxyl groups excluding tert-OH is 1. The molecule has 0 saturated carbocycles. The van der Waals surface area contributed by atoms with Crippen molar-refractivity contribution in [3.05, 3.63) is 81.2 Å². The Morgan fingerprint density at radius 1 is 1.12 bits per heavy atom. The van der Waals surface area contributed by atoms with Gasteiger partial charge in [-0.1, -0.05) is 23.5 Å². The number of hydrogen-bond donors (Lipinski definition) is 1. The lowest BCUT2D eigenvalue weighted by Crippen LogP contribution is -2.31. The predicted molar refractivity (Wildman–Crippen MR) is 132 cm³/mol. The quantitative estimate of drug-likeness (QED) is 0.359. The molecule has 1 aliphatic rings. The molecule has 1 N–H and O–H groups in total. The zero-order chi connectivity index (χ0) is 24.0. The number of anilines is 1. The van der Waals surface area contributed by atoms with Crippen LogP contribution in [0, 0.1) is 6.92 Å². The molecule has 1 amide bonds. The van der Waals surface area contributed by atoms with E-state index in [1.54, 1.807) is 35.7 Å². The third-order valence-electron chi connectivity index (χ3n) is 5.67. The highest BCUT2D eigenvalue weighted by molar-refractivity contribution is 7.22. The van der Waals surface area contributed by atoms with Gasteiger partial charge in [0.2, 0.25) is 5.78 Å². The lowest BCUT2D eigenvalue weighted by molar-refractivity contribution is -0.117. The zero-order valence-electron chi connectivity index (χ0n) is 18.6. The maximum atomic E-state index is 13.5. The van der Waals surface area contributed by atoms with Gasteiger partial charge in [0.25, 0.3) is 5.91 Å². The summed E-state index contributed by atoms with van der Waals surface area (Å²) in [4.78, 5) is 33.4. The Hall–Kier alpha value is -3.69.